The van der Waals surface area contributed by atoms with Gasteiger partial charge in [0.05, 0.1) is 46.0 Å². The van der Waals surface area contributed by atoms with E-state index in [0.717, 1.165) is 0 Å². The number of nitrogens with one attached hydrogen (secondary N) is 1. The van der Waals surface area contributed by atoms with Gasteiger partial charge in [0, 0.05) is 6.07 Å². The number of para-hydroxylation sites is 1. The molecule has 0 atom stereocenters. The normalized spacial score (nSPS) is 11.0. The zero-order chi connectivity index (χ0) is 27.3. The predicted octanol–water partition coefficient (Wildman–Crippen LogP) is 5.56. The second-order valence-corrected chi connectivity index (χ2v) is 10.2. The molecule has 0 spiro atoms. The number of sulfonamides is 1. The smallest absolute Gasteiger partial charge is 0.274 e. The Kier molecular flexibility index (Phi) is 7.73. The number of rotatable bonds is 9. The van der Waals surface area contributed by atoms with Gasteiger partial charge in [-0.05, 0) is 55.0 Å². The van der Waals surface area contributed by atoms with Gasteiger partial charge < -0.3 is 10.1 Å². The van der Waals surface area contributed by atoms with Crippen molar-refractivity contribution in [1.29, 1.82) is 0 Å². The molecular formula is C28H25N3O6S. The SMILES string of the molecule is COc1ccc(S(=O)(=O)N(Cc2ccccc2)c2ccccc2C(=O)Nc2cccc([N+](=O)[O-])c2C)cc1. The number of nitrogens with zero attached hydrogens (tertiary/aromatic N) is 2. The number of amides is 1. The summed E-state index contributed by atoms with van der Waals surface area (Å²) in [5, 5.41) is 14.0. The number of hydrogen-bond donors (Lipinski definition) is 1. The van der Waals surface area contributed by atoms with E-state index in [4.69, 9.17) is 4.74 Å². The number of nitro benzene ring substituents is 1. The van der Waals surface area contributed by atoms with Crippen LogP contribution in [0.4, 0.5) is 17.1 Å². The monoisotopic (exact) mass is 531 g/mol. The van der Waals surface area contributed by atoms with Crippen molar-refractivity contribution in [2.24, 2.45) is 0 Å². The molecule has 0 fully saturated rings. The zero-order valence-corrected chi connectivity index (χ0v) is 21.5. The highest BCUT2D eigenvalue weighted by Gasteiger charge is 2.29. The van der Waals surface area contributed by atoms with E-state index in [1.54, 1.807) is 60.7 Å². The quantitative estimate of drug-likeness (QED) is 0.223. The number of carbonyl (C=O) groups is 1. The summed E-state index contributed by atoms with van der Waals surface area (Å²) >= 11 is 0. The number of methoxy groups -OCH3 is 1. The Hall–Kier alpha value is -4.70. The molecule has 0 heterocycles. The standard InChI is InChI=1S/C28H25N3O6S/c1-20-25(12-8-14-26(20)31(33)34)29-28(32)24-11-6-7-13-27(24)30(19-21-9-4-3-5-10-21)38(35,36)23-17-15-22(37-2)16-18-23/h3-18H,19H2,1-2H3,(H,29,32). The van der Waals surface area contributed by atoms with Gasteiger partial charge in [0.1, 0.15) is 5.75 Å². The van der Waals surface area contributed by atoms with Crippen LogP contribution in [0, 0.1) is 17.0 Å². The highest BCUT2D eigenvalue weighted by molar-refractivity contribution is 7.92. The minimum absolute atomic E-state index is 0.0268. The first-order valence-corrected chi connectivity index (χ1v) is 13.0. The summed E-state index contributed by atoms with van der Waals surface area (Å²) in [5.41, 5.74) is 1.37. The maximum absolute atomic E-state index is 13.9. The predicted molar refractivity (Wildman–Crippen MR) is 145 cm³/mol. The molecule has 38 heavy (non-hydrogen) atoms. The van der Waals surface area contributed by atoms with E-state index in [0.29, 0.717) is 11.3 Å². The van der Waals surface area contributed by atoms with Gasteiger partial charge >= 0.3 is 0 Å². The van der Waals surface area contributed by atoms with Crippen molar-refractivity contribution in [3.8, 4) is 5.75 Å². The van der Waals surface area contributed by atoms with Crippen LogP contribution >= 0.6 is 0 Å². The van der Waals surface area contributed by atoms with Crippen molar-refractivity contribution in [2.45, 2.75) is 18.4 Å². The largest absolute Gasteiger partial charge is 0.497 e. The molecule has 0 saturated carbocycles. The third-order valence-corrected chi connectivity index (χ3v) is 7.76. The van der Waals surface area contributed by atoms with Gasteiger partial charge in [-0.2, -0.15) is 0 Å². The molecule has 0 aliphatic carbocycles. The molecule has 4 rings (SSSR count). The van der Waals surface area contributed by atoms with Crippen molar-refractivity contribution in [3.63, 3.8) is 0 Å². The number of hydrogen-bond acceptors (Lipinski definition) is 6. The van der Waals surface area contributed by atoms with Gasteiger partial charge in [0.15, 0.2) is 0 Å². The molecule has 1 amide bonds. The third-order valence-electron chi connectivity index (χ3n) is 5.98. The summed E-state index contributed by atoms with van der Waals surface area (Å²) in [7, 11) is -2.63. The van der Waals surface area contributed by atoms with Crippen molar-refractivity contribution >= 4 is 33.0 Å². The van der Waals surface area contributed by atoms with Gasteiger partial charge in [0.2, 0.25) is 0 Å². The molecule has 0 aliphatic rings. The molecule has 0 unspecified atom stereocenters. The van der Waals surface area contributed by atoms with Gasteiger partial charge in [-0.1, -0.05) is 48.5 Å². The third kappa shape index (κ3) is 5.50. The Bertz CT molecular complexity index is 1570. The van der Waals surface area contributed by atoms with E-state index in [1.807, 2.05) is 6.07 Å². The molecule has 0 aromatic heterocycles. The fraction of sp³-hybridized carbons (Fsp3) is 0.107. The average molecular weight is 532 g/mol. The van der Waals surface area contributed by atoms with Crippen LogP contribution in [-0.4, -0.2) is 26.4 Å². The summed E-state index contributed by atoms with van der Waals surface area (Å²) in [6.45, 7) is 1.50. The topological polar surface area (TPSA) is 119 Å². The van der Waals surface area contributed by atoms with Crippen LogP contribution in [-0.2, 0) is 16.6 Å². The van der Waals surface area contributed by atoms with Crippen molar-refractivity contribution in [1.82, 2.24) is 0 Å². The summed E-state index contributed by atoms with van der Waals surface area (Å²) in [4.78, 5) is 24.3. The van der Waals surface area contributed by atoms with Crippen LogP contribution in [0.3, 0.4) is 0 Å². The van der Waals surface area contributed by atoms with Gasteiger partial charge in [-0.25, -0.2) is 8.42 Å². The van der Waals surface area contributed by atoms with Gasteiger partial charge in [-0.15, -0.1) is 0 Å². The molecule has 0 bridgehead atoms. The van der Waals surface area contributed by atoms with E-state index in [2.05, 4.69) is 5.32 Å². The Balaban J connectivity index is 1.79. The molecule has 0 saturated heterocycles. The first-order chi connectivity index (χ1) is 18.2. The maximum Gasteiger partial charge on any atom is 0.274 e. The summed E-state index contributed by atoms with van der Waals surface area (Å²) in [5.74, 6) is -0.0992. The first-order valence-electron chi connectivity index (χ1n) is 11.6. The molecule has 0 aliphatic heterocycles. The number of carbonyl (C=O) groups excluding carboxylic acids is 1. The van der Waals surface area contributed by atoms with E-state index in [9.17, 15) is 23.3 Å². The lowest BCUT2D eigenvalue weighted by Crippen LogP contribution is -2.32. The Morgan fingerprint density at radius 1 is 0.921 bits per heavy atom. The minimum atomic E-state index is -4.12. The Labute approximate surface area is 220 Å². The minimum Gasteiger partial charge on any atom is -0.497 e. The average Bonchev–Trinajstić information content (AvgIpc) is 2.93. The summed E-state index contributed by atoms with van der Waals surface area (Å²) < 4.78 is 34.2. The van der Waals surface area contributed by atoms with Crippen LogP contribution in [0.1, 0.15) is 21.5 Å². The maximum atomic E-state index is 13.9. The highest BCUT2D eigenvalue weighted by Crippen LogP contribution is 2.31. The molecule has 1 N–H and O–H groups in total. The van der Waals surface area contributed by atoms with Crippen molar-refractivity contribution in [2.75, 3.05) is 16.7 Å². The molecule has 9 nitrogen and oxygen atoms in total. The molecule has 194 valence electrons. The molecular weight excluding hydrogens is 506 g/mol. The Morgan fingerprint density at radius 3 is 2.24 bits per heavy atom. The van der Waals surface area contributed by atoms with E-state index < -0.39 is 20.9 Å². The fourth-order valence-corrected chi connectivity index (χ4v) is 5.42. The van der Waals surface area contributed by atoms with Gasteiger partial charge in [0.25, 0.3) is 21.6 Å². The van der Waals surface area contributed by atoms with E-state index in [1.165, 1.54) is 48.7 Å². The van der Waals surface area contributed by atoms with Crippen LogP contribution in [0.2, 0.25) is 0 Å². The number of benzene rings is 4. The van der Waals surface area contributed by atoms with Crippen LogP contribution in [0.5, 0.6) is 5.75 Å². The molecule has 0 radical (unpaired) electrons. The highest BCUT2D eigenvalue weighted by atomic mass is 32.2. The summed E-state index contributed by atoms with van der Waals surface area (Å²) in [6, 6.07) is 25.7. The lowest BCUT2D eigenvalue weighted by Gasteiger charge is -2.27. The number of anilines is 2. The first kappa shape index (κ1) is 26.4. The van der Waals surface area contributed by atoms with Crippen LogP contribution in [0.15, 0.2) is 102 Å². The summed E-state index contributed by atoms with van der Waals surface area (Å²) in [6.07, 6.45) is 0. The zero-order valence-electron chi connectivity index (χ0n) is 20.7. The lowest BCUT2D eigenvalue weighted by atomic mass is 10.1. The Morgan fingerprint density at radius 2 is 1.58 bits per heavy atom. The second kappa shape index (κ2) is 11.1. The van der Waals surface area contributed by atoms with E-state index >= 15 is 0 Å². The second-order valence-electron chi connectivity index (χ2n) is 8.35. The van der Waals surface area contributed by atoms with Crippen molar-refractivity contribution < 1.29 is 22.9 Å². The fourth-order valence-electron chi connectivity index (χ4n) is 3.95. The lowest BCUT2D eigenvalue weighted by molar-refractivity contribution is -0.385. The molecule has 10 heteroatoms. The van der Waals surface area contributed by atoms with Crippen LogP contribution < -0.4 is 14.4 Å². The van der Waals surface area contributed by atoms with Gasteiger partial charge in [-0.3, -0.25) is 19.2 Å². The van der Waals surface area contributed by atoms with E-state index in [-0.39, 0.29) is 39.6 Å². The van der Waals surface area contributed by atoms with Crippen molar-refractivity contribution in [3.05, 3.63) is 124 Å². The molecule has 4 aromatic rings. The van der Waals surface area contributed by atoms with Crippen LogP contribution in [0.25, 0.3) is 0 Å². The molecule has 4 aromatic carbocycles. The number of ether oxygens (including phenoxy) is 1. The number of nitro groups is 1.